The van der Waals surface area contributed by atoms with Gasteiger partial charge in [0, 0.05) is 6.20 Å². The maximum Gasteiger partial charge on any atom is 0.237 e. The second-order valence-corrected chi connectivity index (χ2v) is 3.11. The molecule has 0 spiro atoms. The molecule has 0 radical (unpaired) electrons. The van der Waals surface area contributed by atoms with Gasteiger partial charge in [-0.3, -0.25) is 4.79 Å². The third kappa shape index (κ3) is 1.46. The first-order valence-electron chi connectivity index (χ1n) is 4.19. The van der Waals surface area contributed by atoms with E-state index in [0.29, 0.717) is 5.52 Å². The van der Waals surface area contributed by atoms with Crippen molar-refractivity contribution >= 4 is 16.8 Å². The predicted octanol–water partition coefficient (Wildman–Crippen LogP) is 1.27. The minimum atomic E-state index is -0.438. The second-order valence-electron chi connectivity index (χ2n) is 3.11. The lowest BCUT2D eigenvalue weighted by molar-refractivity contribution is -0.118. The van der Waals surface area contributed by atoms with Crippen LogP contribution in [0.25, 0.3) is 10.9 Å². The first-order valence-corrected chi connectivity index (χ1v) is 4.19. The average molecular weight is 192 g/mol. The molecule has 0 aliphatic heterocycles. The van der Waals surface area contributed by atoms with Gasteiger partial charge in [-0.1, -0.05) is 0 Å². The molecule has 2 N–H and O–H groups in total. The summed E-state index contributed by atoms with van der Waals surface area (Å²) in [5.41, 5.74) is 5.74. The molecular weight excluding hydrogens is 183 g/mol. The van der Waals surface area contributed by atoms with E-state index in [0.717, 1.165) is 5.39 Å². The van der Waals surface area contributed by atoms with Gasteiger partial charge in [-0.05, 0) is 29.7 Å². The number of halogens is 1. The van der Waals surface area contributed by atoms with Crippen molar-refractivity contribution in [1.29, 1.82) is 0 Å². The van der Waals surface area contributed by atoms with Crippen LogP contribution >= 0.6 is 0 Å². The van der Waals surface area contributed by atoms with Crippen LogP contribution in [0.4, 0.5) is 4.39 Å². The second kappa shape index (κ2) is 3.14. The summed E-state index contributed by atoms with van der Waals surface area (Å²) in [5, 5.41) is 0.896. The van der Waals surface area contributed by atoms with Crippen molar-refractivity contribution in [2.45, 2.75) is 6.54 Å². The van der Waals surface area contributed by atoms with E-state index in [1.165, 1.54) is 12.1 Å². The van der Waals surface area contributed by atoms with Gasteiger partial charge in [0.1, 0.15) is 12.4 Å². The number of nitrogens with zero attached hydrogens (tertiary/aromatic N) is 1. The maximum atomic E-state index is 12.9. The average Bonchev–Trinajstić information content (AvgIpc) is 2.47. The van der Waals surface area contributed by atoms with Crippen LogP contribution in [0.2, 0.25) is 0 Å². The highest BCUT2D eigenvalue weighted by molar-refractivity contribution is 5.82. The highest BCUT2D eigenvalue weighted by atomic mass is 19.1. The van der Waals surface area contributed by atoms with Gasteiger partial charge in [0.15, 0.2) is 0 Å². The number of benzene rings is 1. The number of carbonyl (C=O) groups is 1. The van der Waals surface area contributed by atoms with Crippen LogP contribution in [0.3, 0.4) is 0 Å². The molecule has 0 aliphatic carbocycles. The Morgan fingerprint density at radius 3 is 2.93 bits per heavy atom. The molecule has 0 saturated carbocycles. The zero-order valence-electron chi connectivity index (χ0n) is 7.40. The number of hydrogen-bond acceptors (Lipinski definition) is 1. The summed E-state index contributed by atoms with van der Waals surface area (Å²) in [4.78, 5) is 10.7. The third-order valence-corrected chi connectivity index (χ3v) is 2.06. The fourth-order valence-electron chi connectivity index (χ4n) is 1.46. The zero-order valence-corrected chi connectivity index (χ0v) is 7.40. The highest BCUT2D eigenvalue weighted by Gasteiger charge is 2.03. The number of amides is 1. The van der Waals surface area contributed by atoms with Crippen molar-refractivity contribution in [3.05, 3.63) is 36.3 Å². The molecule has 0 fully saturated rings. The molecule has 72 valence electrons. The van der Waals surface area contributed by atoms with E-state index in [-0.39, 0.29) is 12.4 Å². The van der Waals surface area contributed by atoms with E-state index >= 15 is 0 Å². The molecular formula is C10H9FN2O. The Morgan fingerprint density at radius 1 is 1.43 bits per heavy atom. The van der Waals surface area contributed by atoms with Gasteiger partial charge < -0.3 is 10.3 Å². The van der Waals surface area contributed by atoms with E-state index in [9.17, 15) is 9.18 Å². The van der Waals surface area contributed by atoms with Crippen LogP contribution in [0.5, 0.6) is 0 Å². The minimum absolute atomic E-state index is 0.0763. The fraction of sp³-hybridized carbons (Fsp3) is 0.100. The Labute approximate surface area is 79.9 Å². The Kier molecular flexibility index (Phi) is 1.96. The van der Waals surface area contributed by atoms with Gasteiger partial charge >= 0.3 is 0 Å². The minimum Gasteiger partial charge on any atom is -0.368 e. The summed E-state index contributed by atoms with van der Waals surface area (Å²) in [5.74, 6) is -0.756. The number of carbonyl (C=O) groups excluding carboxylic acids is 1. The van der Waals surface area contributed by atoms with Crippen molar-refractivity contribution in [2.75, 3.05) is 0 Å². The number of nitrogens with two attached hydrogens (primary N) is 1. The van der Waals surface area contributed by atoms with Crippen molar-refractivity contribution in [3.63, 3.8) is 0 Å². The lowest BCUT2D eigenvalue weighted by Gasteiger charge is -2.01. The molecule has 1 amide bonds. The van der Waals surface area contributed by atoms with Gasteiger partial charge in [0.05, 0.1) is 5.52 Å². The number of aromatic nitrogens is 1. The standard InChI is InChI=1S/C10H9FN2O/c11-8-2-1-7-3-4-13(6-10(12)14)9(7)5-8/h1-5H,6H2,(H2,12,14). The molecule has 2 aromatic rings. The van der Waals surface area contributed by atoms with Crippen LogP contribution in [0, 0.1) is 5.82 Å². The fourth-order valence-corrected chi connectivity index (χ4v) is 1.46. The van der Waals surface area contributed by atoms with Crippen molar-refractivity contribution < 1.29 is 9.18 Å². The molecule has 3 nitrogen and oxygen atoms in total. The van der Waals surface area contributed by atoms with Crippen molar-refractivity contribution in [3.8, 4) is 0 Å². The Bertz CT molecular complexity index is 490. The van der Waals surface area contributed by atoms with E-state index in [2.05, 4.69) is 0 Å². The van der Waals surface area contributed by atoms with Crippen LogP contribution in [0.1, 0.15) is 0 Å². The Morgan fingerprint density at radius 2 is 2.21 bits per heavy atom. The summed E-state index contributed by atoms with van der Waals surface area (Å²) in [6, 6.07) is 6.26. The normalized spacial score (nSPS) is 10.6. The Hall–Kier alpha value is -1.84. The van der Waals surface area contributed by atoms with Crippen LogP contribution in [-0.4, -0.2) is 10.5 Å². The molecule has 0 bridgehead atoms. The number of rotatable bonds is 2. The Balaban J connectivity index is 2.55. The van der Waals surface area contributed by atoms with Crippen LogP contribution in [0.15, 0.2) is 30.5 Å². The largest absolute Gasteiger partial charge is 0.368 e. The van der Waals surface area contributed by atoms with E-state index in [1.807, 2.05) is 6.07 Å². The first kappa shape index (κ1) is 8.74. The lowest BCUT2D eigenvalue weighted by Crippen LogP contribution is -2.17. The monoisotopic (exact) mass is 192 g/mol. The number of fused-ring (bicyclic) bond motifs is 1. The molecule has 1 aromatic carbocycles. The molecule has 1 aromatic heterocycles. The molecule has 4 heteroatoms. The molecule has 1 heterocycles. The molecule has 2 rings (SSSR count). The summed E-state index contributed by atoms with van der Waals surface area (Å²) < 4.78 is 14.5. The molecule has 0 unspecified atom stereocenters. The first-order chi connectivity index (χ1) is 6.66. The number of hydrogen-bond donors (Lipinski definition) is 1. The predicted molar refractivity (Wildman–Crippen MR) is 51.1 cm³/mol. The van der Waals surface area contributed by atoms with E-state index in [4.69, 9.17) is 5.73 Å². The summed E-state index contributed by atoms with van der Waals surface area (Å²) in [6.07, 6.45) is 1.72. The smallest absolute Gasteiger partial charge is 0.237 e. The van der Waals surface area contributed by atoms with Gasteiger partial charge in [0.2, 0.25) is 5.91 Å². The molecule has 14 heavy (non-hydrogen) atoms. The van der Waals surface area contributed by atoms with Crippen molar-refractivity contribution in [2.24, 2.45) is 5.73 Å². The SMILES string of the molecule is NC(=O)Cn1ccc2ccc(F)cc21. The van der Waals surface area contributed by atoms with Crippen molar-refractivity contribution in [1.82, 2.24) is 4.57 Å². The lowest BCUT2D eigenvalue weighted by atomic mass is 10.2. The van der Waals surface area contributed by atoms with Crippen LogP contribution < -0.4 is 5.73 Å². The van der Waals surface area contributed by atoms with Gasteiger partial charge in [-0.2, -0.15) is 0 Å². The molecule has 0 saturated heterocycles. The highest BCUT2D eigenvalue weighted by Crippen LogP contribution is 2.16. The van der Waals surface area contributed by atoms with Gasteiger partial charge in [0.25, 0.3) is 0 Å². The molecule has 0 aliphatic rings. The van der Waals surface area contributed by atoms with Crippen LogP contribution in [-0.2, 0) is 11.3 Å². The van der Waals surface area contributed by atoms with E-state index in [1.54, 1.807) is 16.8 Å². The van der Waals surface area contributed by atoms with Gasteiger partial charge in [-0.25, -0.2) is 4.39 Å². The quantitative estimate of drug-likeness (QED) is 0.765. The number of primary amides is 1. The zero-order chi connectivity index (χ0) is 10.1. The summed E-state index contributed by atoms with van der Waals surface area (Å²) >= 11 is 0. The maximum absolute atomic E-state index is 12.9. The van der Waals surface area contributed by atoms with E-state index < -0.39 is 5.91 Å². The van der Waals surface area contributed by atoms with Gasteiger partial charge in [-0.15, -0.1) is 0 Å². The molecule has 0 atom stereocenters. The third-order valence-electron chi connectivity index (χ3n) is 2.06. The summed E-state index contributed by atoms with van der Waals surface area (Å²) in [6.45, 7) is 0.0763. The summed E-state index contributed by atoms with van der Waals surface area (Å²) in [7, 11) is 0. The topological polar surface area (TPSA) is 48.0 Å².